The number of hydrogen-bond donors (Lipinski definition) is 0. The largest absolute Gasteiger partial charge is 0.440 e. The van der Waals surface area contributed by atoms with Gasteiger partial charge >= 0.3 is 0 Å². The zero-order chi connectivity index (χ0) is 18.6. The fraction of sp³-hybridized carbons (Fsp3) is 0.250. The first kappa shape index (κ1) is 17.8. The highest BCUT2D eigenvalue weighted by atomic mass is 32.2. The molecule has 2 aromatic heterocycles. The summed E-state index contributed by atoms with van der Waals surface area (Å²) in [6.45, 7) is 3.35. The molecule has 27 heavy (non-hydrogen) atoms. The highest BCUT2D eigenvalue weighted by Gasteiger charge is 2.16. The van der Waals surface area contributed by atoms with Crippen LogP contribution in [-0.2, 0) is 17.0 Å². The van der Waals surface area contributed by atoms with Crippen molar-refractivity contribution < 1.29 is 9.15 Å². The van der Waals surface area contributed by atoms with Crippen molar-refractivity contribution in [3.8, 4) is 11.4 Å². The topological polar surface area (TPSA) is 66.0 Å². The fourth-order valence-corrected chi connectivity index (χ4v) is 3.69. The number of ether oxygens (including phenoxy) is 1. The molecular formula is C20H20N4O2S. The van der Waals surface area contributed by atoms with Gasteiger partial charge in [-0.2, -0.15) is 0 Å². The second-order valence-electron chi connectivity index (χ2n) is 6.18. The van der Waals surface area contributed by atoms with Crippen molar-refractivity contribution in [1.29, 1.82) is 0 Å². The van der Waals surface area contributed by atoms with Crippen LogP contribution in [0.15, 0.2) is 58.1 Å². The minimum atomic E-state index is 0.591. The van der Waals surface area contributed by atoms with Gasteiger partial charge in [0, 0.05) is 12.7 Å². The minimum absolute atomic E-state index is 0.591. The molecule has 4 rings (SSSR count). The third-order valence-corrected chi connectivity index (χ3v) is 5.13. The number of hydrogen-bond acceptors (Lipinski definition) is 6. The number of oxazole rings is 1. The lowest BCUT2D eigenvalue weighted by Gasteiger charge is -2.09. The van der Waals surface area contributed by atoms with E-state index in [1.54, 1.807) is 18.9 Å². The summed E-state index contributed by atoms with van der Waals surface area (Å²) in [4.78, 5) is 4.53. The van der Waals surface area contributed by atoms with Gasteiger partial charge in [-0.1, -0.05) is 47.7 Å². The lowest BCUT2D eigenvalue weighted by molar-refractivity contribution is 0.185. The van der Waals surface area contributed by atoms with Gasteiger partial charge in [0.25, 0.3) is 0 Å². The molecule has 4 aromatic rings. The van der Waals surface area contributed by atoms with Crippen molar-refractivity contribution >= 4 is 22.9 Å². The molecule has 0 saturated carbocycles. The molecule has 7 heteroatoms. The Bertz CT molecular complexity index is 1020. The van der Waals surface area contributed by atoms with E-state index in [1.807, 2.05) is 30.3 Å². The first-order valence-corrected chi connectivity index (χ1v) is 9.69. The van der Waals surface area contributed by atoms with Crippen LogP contribution in [0.4, 0.5) is 0 Å². The van der Waals surface area contributed by atoms with Crippen LogP contribution in [0.1, 0.15) is 11.5 Å². The molecule has 0 atom stereocenters. The van der Waals surface area contributed by atoms with Crippen molar-refractivity contribution in [2.45, 2.75) is 24.4 Å². The molecule has 0 aliphatic rings. The lowest BCUT2D eigenvalue weighted by atomic mass is 10.1. The maximum atomic E-state index is 5.80. The van der Waals surface area contributed by atoms with Crippen LogP contribution in [0.25, 0.3) is 22.5 Å². The maximum absolute atomic E-state index is 5.80. The molecule has 0 N–H and O–H groups in total. The Morgan fingerprint density at radius 2 is 2.00 bits per heavy atom. The molecule has 0 radical (unpaired) electrons. The van der Waals surface area contributed by atoms with Gasteiger partial charge in [-0.25, -0.2) is 4.98 Å². The molecule has 2 heterocycles. The molecule has 0 unspecified atom stereocenters. The van der Waals surface area contributed by atoms with E-state index in [2.05, 4.69) is 44.9 Å². The van der Waals surface area contributed by atoms with Crippen molar-refractivity contribution in [2.75, 3.05) is 13.7 Å². The van der Waals surface area contributed by atoms with Crippen molar-refractivity contribution in [3.63, 3.8) is 0 Å². The number of aromatic nitrogens is 4. The molecule has 0 fully saturated rings. The molecule has 0 spiro atoms. The summed E-state index contributed by atoms with van der Waals surface area (Å²) >= 11 is 1.56. The highest BCUT2D eigenvalue weighted by molar-refractivity contribution is 7.98. The quantitative estimate of drug-likeness (QED) is 0.445. The SMILES string of the molecule is COCCn1c(SCc2nc3ccccc3o2)nnc1-c1cccc(C)c1. The predicted octanol–water partition coefficient (Wildman–Crippen LogP) is 4.33. The molecule has 0 aliphatic carbocycles. The van der Waals surface area contributed by atoms with E-state index in [0.717, 1.165) is 27.6 Å². The van der Waals surface area contributed by atoms with Gasteiger partial charge in [0.15, 0.2) is 16.6 Å². The maximum Gasteiger partial charge on any atom is 0.205 e. The molecule has 0 bridgehead atoms. The zero-order valence-corrected chi connectivity index (χ0v) is 16.1. The summed E-state index contributed by atoms with van der Waals surface area (Å²) in [7, 11) is 1.70. The van der Waals surface area contributed by atoms with E-state index in [1.165, 1.54) is 5.56 Å². The number of nitrogens with zero attached hydrogens (tertiary/aromatic N) is 4. The lowest BCUT2D eigenvalue weighted by Crippen LogP contribution is -2.07. The van der Waals surface area contributed by atoms with E-state index in [0.29, 0.717) is 24.8 Å². The minimum Gasteiger partial charge on any atom is -0.440 e. The average molecular weight is 380 g/mol. The van der Waals surface area contributed by atoms with Crippen molar-refractivity contribution in [1.82, 2.24) is 19.7 Å². The summed E-state index contributed by atoms with van der Waals surface area (Å²) in [5.41, 5.74) is 3.91. The number of benzene rings is 2. The molecule has 0 amide bonds. The van der Waals surface area contributed by atoms with E-state index in [9.17, 15) is 0 Å². The molecule has 0 saturated heterocycles. The summed E-state index contributed by atoms with van der Waals surface area (Å²) in [5.74, 6) is 2.11. The van der Waals surface area contributed by atoms with Gasteiger partial charge in [-0.05, 0) is 25.1 Å². The third kappa shape index (κ3) is 3.89. The normalized spacial score (nSPS) is 11.3. The number of rotatable bonds is 7. The Labute approximate surface area is 161 Å². The van der Waals surface area contributed by atoms with Crippen LogP contribution in [0.5, 0.6) is 0 Å². The van der Waals surface area contributed by atoms with E-state index in [-0.39, 0.29) is 0 Å². The first-order valence-electron chi connectivity index (χ1n) is 8.71. The van der Waals surface area contributed by atoms with Crippen LogP contribution < -0.4 is 0 Å². The molecule has 138 valence electrons. The monoisotopic (exact) mass is 380 g/mol. The fourth-order valence-electron chi connectivity index (χ4n) is 2.89. The van der Waals surface area contributed by atoms with Crippen molar-refractivity contribution in [2.24, 2.45) is 0 Å². The van der Waals surface area contributed by atoms with Crippen LogP contribution in [0.2, 0.25) is 0 Å². The van der Waals surface area contributed by atoms with Gasteiger partial charge in [-0.15, -0.1) is 10.2 Å². The Morgan fingerprint density at radius 3 is 2.81 bits per heavy atom. The Kier molecular flexibility index (Phi) is 5.22. The van der Waals surface area contributed by atoms with Gasteiger partial charge < -0.3 is 9.15 Å². The third-order valence-electron chi connectivity index (χ3n) is 4.18. The highest BCUT2D eigenvalue weighted by Crippen LogP contribution is 2.27. The Balaban J connectivity index is 1.59. The number of fused-ring (bicyclic) bond motifs is 1. The van der Waals surface area contributed by atoms with Crippen LogP contribution >= 0.6 is 11.8 Å². The second kappa shape index (κ2) is 7.94. The molecule has 0 aliphatic heterocycles. The summed E-state index contributed by atoms with van der Waals surface area (Å²) in [5, 5.41) is 9.64. The van der Waals surface area contributed by atoms with Gasteiger partial charge in [0.2, 0.25) is 5.89 Å². The summed E-state index contributed by atoms with van der Waals surface area (Å²) in [6.07, 6.45) is 0. The van der Waals surface area contributed by atoms with Gasteiger partial charge in [-0.3, -0.25) is 4.57 Å². The number of aryl methyl sites for hydroxylation is 1. The second-order valence-corrected chi connectivity index (χ2v) is 7.13. The van der Waals surface area contributed by atoms with E-state index < -0.39 is 0 Å². The standard InChI is InChI=1S/C20H20N4O2S/c1-14-6-5-7-15(12-14)19-22-23-20(24(19)10-11-25-2)27-13-18-21-16-8-3-4-9-17(16)26-18/h3-9,12H,10-11,13H2,1-2H3. The number of methoxy groups -OCH3 is 1. The summed E-state index contributed by atoms with van der Waals surface area (Å²) < 4.78 is 13.2. The molecule has 2 aromatic carbocycles. The predicted molar refractivity (Wildman–Crippen MR) is 106 cm³/mol. The van der Waals surface area contributed by atoms with Gasteiger partial charge in [0.1, 0.15) is 5.52 Å². The number of thioether (sulfide) groups is 1. The zero-order valence-electron chi connectivity index (χ0n) is 15.3. The number of para-hydroxylation sites is 2. The van der Waals surface area contributed by atoms with Crippen LogP contribution in [0.3, 0.4) is 0 Å². The van der Waals surface area contributed by atoms with Crippen molar-refractivity contribution in [3.05, 3.63) is 60.0 Å². The Morgan fingerprint density at radius 1 is 1.11 bits per heavy atom. The van der Waals surface area contributed by atoms with E-state index in [4.69, 9.17) is 9.15 Å². The smallest absolute Gasteiger partial charge is 0.205 e. The Hall–Kier alpha value is -2.64. The van der Waals surface area contributed by atoms with Crippen LogP contribution in [0, 0.1) is 6.92 Å². The first-order chi connectivity index (χ1) is 13.2. The van der Waals surface area contributed by atoms with Gasteiger partial charge in [0.05, 0.1) is 18.9 Å². The molecular weight excluding hydrogens is 360 g/mol. The summed E-state index contributed by atoms with van der Waals surface area (Å²) in [6, 6.07) is 16.0. The molecule has 6 nitrogen and oxygen atoms in total. The average Bonchev–Trinajstić information content (AvgIpc) is 3.28. The van der Waals surface area contributed by atoms with Crippen LogP contribution in [-0.4, -0.2) is 33.5 Å². The van der Waals surface area contributed by atoms with E-state index >= 15 is 0 Å².